The summed E-state index contributed by atoms with van der Waals surface area (Å²) in [5.74, 6) is 0.756. The highest BCUT2D eigenvalue weighted by molar-refractivity contribution is 7.18. The Morgan fingerprint density at radius 3 is 2.69 bits per heavy atom. The molecule has 0 aliphatic carbocycles. The quantitative estimate of drug-likeness (QED) is 0.439. The highest BCUT2D eigenvalue weighted by Gasteiger charge is 2.11. The van der Waals surface area contributed by atoms with Crippen molar-refractivity contribution in [2.45, 2.75) is 6.61 Å². The van der Waals surface area contributed by atoms with Crippen LogP contribution >= 0.6 is 11.3 Å². The number of aromatic nitrogens is 1. The van der Waals surface area contributed by atoms with Crippen LogP contribution < -0.4 is 10.2 Å². The molecule has 0 unspecified atom stereocenters. The molecule has 0 amide bonds. The van der Waals surface area contributed by atoms with E-state index in [-0.39, 0.29) is 11.2 Å². The molecule has 2 heterocycles. The molecule has 1 N–H and O–H groups in total. The number of phenolic OH excluding ortho intramolecular Hbond substituents is 1. The van der Waals surface area contributed by atoms with E-state index in [0.717, 1.165) is 15.2 Å². The molecule has 0 radical (unpaired) electrons. The molecule has 0 aliphatic heterocycles. The van der Waals surface area contributed by atoms with Crippen molar-refractivity contribution >= 4 is 32.5 Å². The number of para-hydroxylation sites is 1. The van der Waals surface area contributed by atoms with E-state index >= 15 is 0 Å². The van der Waals surface area contributed by atoms with Gasteiger partial charge in [0.2, 0.25) is 0 Å². The molecular formula is C23H15NO4S. The fourth-order valence-electron chi connectivity index (χ4n) is 3.17. The normalized spacial score (nSPS) is 11.2. The van der Waals surface area contributed by atoms with Crippen LogP contribution in [0.4, 0.5) is 0 Å². The van der Waals surface area contributed by atoms with E-state index in [9.17, 15) is 9.90 Å². The molecule has 0 spiro atoms. The fourth-order valence-corrected chi connectivity index (χ4v) is 4.05. The first kappa shape index (κ1) is 17.5. The Morgan fingerprint density at radius 1 is 1.03 bits per heavy atom. The minimum absolute atomic E-state index is 0.130. The molecular weight excluding hydrogens is 386 g/mol. The van der Waals surface area contributed by atoms with Crippen molar-refractivity contribution in [1.29, 1.82) is 0 Å². The number of hydrogen-bond acceptors (Lipinski definition) is 6. The van der Waals surface area contributed by atoms with Crippen LogP contribution in [-0.4, -0.2) is 10.1 Å². The monoisotopic (exact) mass is 401 g/mol. The zero-order valence-corrected chi connectivity index (χ0v) is 16.0. The van der Waals surface area contributed by atoms with Crippen LogP contribution in [0.25, 0.3) is 32.3 Å². The van der Waals surface area contributed by atoms with E-state index in [4.69, 9.17) is 9.15 Å². The Morgan fingerprint density at radius 2 is 1.86 bits per heavy atom. The molecule has 5 rings (SSSR count). The second-order valence-electron chi connectivity index (χ2n) is 6.55. The van der Waals surface area contributed by atoms with E-state index < -0.39 is 0 Å². The van der Waals surface area contributed by atoms with Crippen LogP contribution in [0.5, 0.6) is 11.5 Å². The van der Waals surface area contributed by atoms with Gasteiger partial charge in [0, 0.05) is 6.07 Å². The number of fused-ring (bicyclic) bond motifs is 2. The molecule has 0 saturated heterocycles. The van der Waals surface area contributed by atoms with E-state index in [1.54, 1.807) is 41.7 Å². The number of thiazole rings is 1. The zero-order valence-electron chi connectivity index (χ0n) is 15.2. The third-order valence-corrected chi connectivity index (χ3v) is 5.63. The standard InChI is InChI=1S/C23H15NO4S/c25-15-7-5-14(6-8-15)18-12-28-20-11-16(9-10-17(20)23(18)26)27-13-22-24-19-3-1-2-4-21(19)29-22/h1-12,25H,13H2. The van der Waals surface area contributed by atoms with Gasteiger partial charge in [0.05, 0.1) is 21.2 Å². The summed E-state index contributed by atoms with van der Waals surface area (Å²) in [6.45, 7) is 0.348. The fraction of sp³-hybridized carbons (Fsp3) is 0.0435. The molecule has 0 bridgehead atoms. The zero-order chi connectivity index (χ0) is 19.8. The Balaban J connectivity index is 1.42. The maximum atomic E-state index is 12.8. The molecule has 0 atom stereocenters. The van der Waals surface area contributed by atoms with E-state index in [1.165, 1.54) is 18.4 Å². The summed E-state index contributed by atoms with van der Waals surface area (Å²) in [7, 11) is 0. The molecule has 142 valence electrons. The van der Waals surface area contributed by atoms with Crippen LogP contribution in [0.15, 0.2) is 82.2 Å². The summed E-state index contributed by atoms with van der Waals surface area (Å²) in [5.41, 5.74) is 2.42. The number of ether oxygens (including phenoxy) is 1. The topological polar surface area (TPSA) is 72.6 Å². The number of aromatic hydroxyl groups is 1. The highest BCUT2D eigenvalue weighted by atomic mass is 32.1. The van der Waals surface area contributed by atoms with Crippen molar-refractivity contribution in [3.8, 4) is 22.6 Å². The minimum Gasteiger partial charge on any atom is -0.508 e. The molecule has 0 saturated carbocycles. The lowest BCUT2D eigenvalue weighted by atomic mass is 10.1. The Labute approximate surface area is 169 Å². The number of rotatable bonds is 4. The summed E-state index contributed by atoms with van der Waals surface area (Å²) >= 11 is 1.60. The number of hydrogen-bond donors (Lipinski definition) is 1. The molecule has 2 aromatic heterocycles. The SMILES string of the molecule is O=c1c(-c2ccc(O)cc2)coc2cc(OCc3nc4ccccc4s3)ccc12. The minimum atomic E-state index is -0.130. The predicted octanol–water partition coefficient (Wildman–Crippen LogP) is 5.35. The smallest absolute Gasteiger partial charge is 0.200 e. The van der Waals surface area contributed by atoms with E-state index in [0.29, 0.717) is 34.5 Å². The number of nitrogens with zero attached hydrogens (tertiary/aromatic N) is 1. The van der Waals surface area contributed by atoms with Gasteiger partial charge in [-0.3, -0.25) is 4.79 Å². The molecule has 29 heavy (non-hydrogen) atoms. The van der Waals surface area contributed by atoms with Gasteiger partial charge in [-0.2, -0.15) is 0 Å². The maximum Gasteiger partial charge on any atom is 0.200 e. The van der Waals surface area contributed by atoms with Gasteiger partial charge in [-0.25, -0.2) is 4.98 Å². The van der Waals surface area contributed by atoms with Gasteiger partial charge in [0.15, 0.2) is 5.43 Å². The Hall–Kier alpha value is -3.64. The van der Waals surface area contributed by atoms with Crippen molar-refractivity contribution in [2.75, 3.05) is 0 Å². The van der Waals surface area contributed by atoms with Crippen molar-refractivity contribution in [1.82, 2.24) is 4.98 Å². The third-order valence-electron chi connectivity index (χ3n) is 4.62. The molecule has 0 aliphatic rings. The van der Waals surface area contributed by atoms with E-state index in [2.05, 4.69) is 4.98 Å². The summed E-state index contributed by atoms with van der Waals surface area (Å²) in [6, 6.07) is 19.6. The molecule has 3 aromatic carbocycles. The van der Waals surface area contributed by atoms with Gasteiger partial charge in [-0.15, -0.1) is 11.3 Å². The second-order valence-corrected chi connectivity index (χ2v) is 7.66. The van der Waals surface area contributed by atoms with Gasteiger partial charge >= 0.3 is 0 Å². The van der Waals surface area contributed by atoms with Crippen molar-refractivity contribution in [2.24, 2.45) is 0 Å². The third kappa shape index (κ3) is 3.34. The van der Waals surface area contributed by atoms with Crippen LogP contribution in [0.2, 0.25) is 0 Å². The first-order chi connectivity index (χ1) is 14.2. The maximum absolute atomic E-state index is 12.8. The summed E-state index contributed by atoms with van der Waals surface area (Å²) in [4.78, 5) is 17.4. The lowest BCUT2D eigenvalue weighted by Gasteiger charge is -2.06. The van der Waals surface area contributed by atoms with Crippen molar-refractivity contribution in [3.05, 3.63) is 88.2 Å². The van der Waals surface area contributed by atoms with Gasteiger partial charge in [-0.05, 0) is 42.0 Å². The second kappa shape index (κ2) is 7.07. The highest BCUT2D eigenvalue weighted by Crippen LogP contribution is 2.26. The largest absolute Gasteiger partial charge is 0.508 e. The van der Waals surface area contributed by atoms with Crippen LogP contribution in [0, 0.1) is 0 Å². The van der Waals surface area contributed by atoms with E-state index in [1.807, 2.05) is 24.3 Å². The Bertz CT molecular complexity index is 1350. The lowest BCUT2D eigenvalue weighted by molar-refractivity contribution is 0.306. The van der Waals surface area contributed by atoms with Crippen LogP contribution in [0.1, 0.15) is 5.01 Å². The summed E-state index contributed by atoms with van der Waals surface area (Å²) in [6.07, 6.45) is 1.44. The Kier molecular flexibility index (Phi) is 4.26. The average Bonchev–Trinajstić information content (AvgIpc) is 3.16. The summed E-state index contributed by atoms with van der Waals surface area (Å²) in [5, 5.41) is 10.8. The van der Waals surface area contributed by atoms with Crippen molar-refractivity contribution in [3.63, 3.8) is 0 Å². The van der Waals surface area contributed by atoms with Crippen LogP contribution in [0.3, 0.4) is 0 Å². The molecule has 0 fully saturated rings. The van der Waals surface area contributed by atoms with Gasteiger partial charge in [-0.1, -0.05) is 24.3 Å². The molecule has 5 nitrogen and oxygen atoms in total. The van der Waals surface area contributed by atoms with Crippen LogP contribution in [-0.2, 0) is 6.61 Å². The number of benzene rings is 3. The van der Waals surface area contributed by atoms with Crippen molar-refractivity contribution < 1.29 is 14.3 Å². The van der Waals surface area contributed by atoms with Gasteiger partial charge < -0.3 is 14.3 Å². The first-order valence-corrected chi connectivity index (χ1v) is 9.81. The van der Waals surface area contributed by atoms with Gasteiger partial charge in [0.1, 0.15) is 35.0 Å². The summed E-state index contributed by atoms with van der Waals surface area (Å²) < 4.78 is 12.7. The first-order valence-electron chi connectivity index (χ1n) is 8.99. The lowest BCUT2D eigenvalue weighted by Crippen LogP contribution is -2.05. The molecule has 5 aromatic rings. The average molecular weight is 401 g/mol. The molecule has 6 heteroatoms. The number of phenols is 1. The predicted molar refractivity (Wildman–Crippen MR) is 114 cm³/mol. The van der Waals surface area contributed by atoms with Gasteiger partial charge in [0.25, 0.3) is 0 Å².